The molecule has 5 heteroatoms. The molecule has 1 aromatic rings. The molecule has 0 fully saturated rings. The number of rotatable bonds is 6. The minimum atomic E-state index is -0.183. The Labute approximate surface area is 121 Å². The normalized spacial score (nSPS) is 12.5. The lowest BCUT2D eigenvalue weighted by molar-refractivity contribution is -0.141. The lowest BCUT2D eigenvalue weighted by atomic mass is 10.0. The van der Waals surface area contributed by atoms with Crippen LogP contribution in [0.4, 0.5) is 0 Å². The molecular weight excluding hydrogens is 314 g/mol. The molecule has 0 bridgehead atoms. The molecule has 1 aromatic carbocycles. The maximum Gasteiger partial charge on any atom is 0.307 e. The highest BCUT2D eigenvalue weighted by Gasteiger charge is 2.17. The van der Waals surface area contributed by atoms with E-state index in [0.717, 1.165) is 9.37 Å². The van der Waals surface area contributed by atoms with E-state index in [9.17, 15) is 4.79 Å². The predicted molar refractivity (Wildman–Crippen MR) is 78.4 cm³/mol. The van der Waals surface area contributed by atoms with Crippen molar-refractivity contribution in [1.82, 2.24) is 4.72 Å². The summed E-state index contributed by atoms with van der Waals surface area (Å²) in [4.78, 5) is 12.4. The largest absolute Gasteiger partial charge is 0.469 e. The van der Waals surface area contributed by atoms with Crippen molar-refractivity contribution in [2.24, 2.45) is 5.92 Å². The minimum Gasteiger partial charge on any atom is -0.469 e. The molecule has 0 amide bonds. The van der Waals surface area contributed by atoms with Crippen LogP contribution in [0.25, 0.3) is 0 Å². The zero-order valence-electron chi connectivity index (χ0n) is 10.8. The van der Waals surface area contributed by atoms with Crippen molar-refractivity contribution in [3.8, 4) is 0 Å². The Morgan fingerprint density at radius 2 is 2.00 bits per heavy atom. The average molecular weight is 332 g/mol. The molecule has 1 atom stereocenters. The highest BCUT2D eigenvalue weighted by Crippen LogP contribution is 2.20. The minimum absolute atomic E-state index is 0.103. The third-order valence-electron chi connectivity index (χ3n) is 2.56. The van der Waals surface area contributed by atoms with Crippen molar-refractivity contribution in [1.29, 1.82) is 0 Å². The van der Waals surface area contributed by atoms with Gasteiger partial charge in [-0.05, 0) is 42.1 Å². The average Bonchev–Trinajstić information content (AvgIpc) is 2.35. The van der Waals surface area contributed by atoms with Gasteiger partial charge in [0.25, 0.3) is 0 Å². The van der Waals surface area contributed by atoms with E-state index in [4.69, 9.17) is 4.74 Å². The third-order valence-corrected chi connectivity index (χ3v) is 4.02. The molecule has 0 saturated heterocycles. The summed E-state index contributed by atoms with van der Waals surface area (Å²) in [5, 5.41) is 0. The summed E-state index contributed by atoms with van der Waals surface area (Å²) in [6, 6.07) is 8.14. The molecular formula is C13H18BrNO2S. The molecule has 18 heavy (non-hydrogen) atoms. The number of ether oxygens (including phenoxy) is 1. The van der Waals surface area contributed by atoms with Gasteiger partial charge in [0.15, 0.2) is 0 Å². The molecule has 0 heterocycles. The summed E-state index contributed by atoms with van der Waals surface area (Å²) in [7, 11) is 1.42. The lowest BCUT2D eigenvalue weighted by Crippen LogP contribution is -2.31. The van der Waals surface area contributed by atoms with Gasteiger partial charge in [0.2, 0.25) is 0 Å². The number of methoxy groups -OCH3 is 1. The summed E-state index contributed by atoms with van der Waals surface area (Å²) >= 11 is 4.94. The van der Waals surface area contributed by atoms with Crippen molar-refractivity contribution in [2.45, 2.75) is 31.2 Å². The summed E-state index contributed by atoms with van der Waals surface area (Å²) in [5.41, 5.74) is 0. The Morgan fingerprint density at radius 1 is 1.39 bits per heavy atom. The van der Waals surface area contributed by atoms with E-state index in [0.29, 0.717) is 12.3 Å². The van der Waals surface area contributed by atoms with Crippen molar-refractivity contribution in [3.63, 3.8) is 0 Å². The maximum atomic E-state index is 11.3. The second kappa shape index (κ2) is 7.81. The summed E-state index contributed by atoms with van der Waals surface area (Å²) < 4.78 is 9.08. The van der Waals surface area contributed by atoms with Crippen LogP contribution in [0.5, 0.6) is 0 Å². The van der Waals surface area contributed by atoms with Gasteiger partial charge in [0.05, 0.1) is 13.5 Å². The molecule has 1 N–H and O–H groups in total. The first kappa shape index (κ1) is 15.5. The highest BCUT2D eigenvalue weighted by molar-refractivity contribution is 9.10. The van der Waals surface area contributed by atoms with Crippen molar-refractivity contribution in [2.75, 3.05) is 7.11 Å². The van der Waals surface area contributed by atoms with Crippen LogP contribution in [-0.4, -0.2) is 19.1 Å². The summed E-state index contributed by atoms with van der Waals surface area (Å²) in [5.74, 6) is 0.185. The van der Waals surface area contributed by atoms with Gasteiger partial charge in [-0.1, -0.05) is 29.8 Å². The molecule has 100 valence electrons. The van der Waals surface area contributed by atoms with E-state index >= 15 is 0 Å². The molecule has 0 aliphatic rings. The van der Waals surface area contributed by atoms with Crippen LogP contribution in [0.3, 0.4) is 0 Å². The number of nitrogens with one attached hydrogen (secondary N) is 1. The van der Waals surface area contributed by atoms with E-state index in [1.807, 2.05) is 24.3 Å². The number of hydrogen-bond donors (Lipinski definition) is 1. The molecule has 3 nitrogen and oxygen atoms in total. The van der Waals surface area contributed by atoms with Crippen LogP contribution in [0.1, 0.15) is 20.3 Å². The Bertz CT molecular complexity index is 381. The van der Waals surface area contributed by atoms with Crippen molar-refractivity contribution in [3.05, 3.63) is 28.7 Å². The lowest BCUT2D eigenvalue weighted by Gasteiger charge is -2.20. The zero-order valence-corrected chi connectivity index (χ0v) is 13.2. The fraction of sp³-hybridized carbons (Fsp3) is 0.462. The van der Waals surface area contributed by atoms with Gasteiger partial charge >= 0.3 is 5.97 Å². The Balaban J connectivity index is 2.51. The highest BCUT2D eigenvalue weighted by atomic mass is 79.9. The van der Waals surface area contributed by atoms with E-state index < -0.39 is 0 Å². The molecule has 1 unspecified atom stereocenters. The predicted octanol–water partition coefficient (Wildman–Crippen LogP) is 3.63. The van der Waals surface area contributed by atoms with Gasteiger partial charge in [-0.25, -0.2) is 0 Å². The molecule has 1 rings (SSSR count). The van der Waals surface area contributed by atoms with Crippen LogP contribution in [-0.2, 0) is 9.53 Å². The van der Waals surface area contributed by atoms with Gasteiger partial charge in [-0.3, -0.25) is 9.52 Å². The first-order valence-electron chi connectivity index (χ1n) is 5.77. The number of carbonyl (C=O) groups is 1. The summed E-state index contributed by atoms with van der Waals surface area (Å²) in [6.45, 7) is 4.17. The Hall–Kier alpha value is -0.520. The van der Waals surface area contributed by atoms with Gasteiger partial charge < -0.3 is 4.74 Å². The number of hydrogen-bond acceptors (Lipinski definition) is 4. The van der Waals surface area contributed by atoms with Crippen molar-refractivity contribution >= 4 is 33.8 Å². The van der Waals surface area contributed by atoms with Crippen LogP contribution >= 0.6 is 27.9 Å². The fourth-order valence-corrected chi connectivity index (χ4v) is 2.50. The molecule has 0 radical (unpaired) electrons. The second-order valence-electron chi connectivity index (χ2n) is 4.30. The number of carbonyl (C=O) groups excluding carboxylic acids is 1. The number of halogens is 1. The van der Waals surface area contributed by atoms with E-state index in [1.165, 1.54) is 19.1 Å². The van der Waals surface area contributed by atoms with Crippen molar-refractivity contribution < 1.29 is 9.53 Å². The Kier molecular flexibility index (Phi) is 6.75. The molecule has 0 spiro atoms. The van der Waals surface area contributed by atoms with E-state index in [1.54, 1.807) is 0 Å². The Morgan fingerprint density at radius 3 is 2.50 bits per heavy atom. The molecule has 0 aliphatic carbocycles. The van der Waals surface area contributed by atoms with Gasteiger partial charge in [0, 0.05) is 15.4 Å². The maximum absolute atomic E-state index is 11.3. The van der Waals surface area contributed by atoms with E-state index in [2.05, 4.69) is 34.5 Å². The number of esters is 1. The standard InChI is InChI=1S/C13H18BrNO2S/c1-9(2)12(8-13(16)17-3)15-18-11-6-4-10(14)5-7-11/h4-7,9,12,15H,8H2,1-3H3. The SMILES string of the molecule is COC(=O)CC(NSc1ccc(Br)cc1)C(C)C. The third kappa shape index (κ3) is 5.42. The van der Waals surface area contributed by atoms with Gasteiger partial charge in [-0.15, -0.1) is 0 Å². The van der Waals surface area contributed by atoms with Gasteiger partial charge in [-0.2, -0.15) is 0 Å². The zero-order chi connectivity index (χ0) is 13.5. The topological polar surface area (TPSA) is 38.3 Å². The number of benzene rings is 1. The molecule has 0 aromatic heterocycles. The molecule has 0 aliphatic heterocycles. The summed E-state index contributed by atoms with van der Waals surface area (Å²) in [6.07, 6.45) is 0.387. The fourth-order valence-electron chi connectivity index (χ4n) is 1.32. The first-order chi connectivity index (χ1) is 8.52. The smallest absolute Gasteiger partial charge is 0.307 e. The van der Waals surface area contributed by atoms with Crippen LogP contribution < -0.4 is 4.72 Å². The monoisotopic (exact) mass is 331 g/mol. The van der Waals surface area contributed by atoms with Crippen LogP contribution in [0.15, 0.2) is 33.6 Å². The second-order valence-corrected chi connectivity index (χ2v) is 6.13. The molecule has 0 saturated carbocycles. The van der Waals surface area contributed by atoms with Crippen LogP contribution in [0, 0.1) is 5.92 Å². The van der Waals surface area contributed by atoms with Gasteiger partial charge in [0.1, 0.15) is 0 Å². The first-order valence-corrected chi connectivity index (χ1v) is 7.38. The van der Waals surface area contributed by atoms with Crippen LogP contribution in [0.2, 0.25) is 0 Å². The quantitative estimate of drug-likeness (QED) is 0.638. The van der Waals surface area contributed by atoms with E-state index in [-0.39, 0.29) is 12.0 Å².